The van der Waals surface area contributed by atoms with Gasteiger partial charge in [-0.15, -0.1) is 0 Å². The van der Waals surface area contributed by atoms with E-state index in [4.69, 9.17) is 53.5 Å². The van der Waals surface area contributed by atoms with Crippen LogP contribution in [0.15, 0.2) is 45.6 Å². The fourth-order valence-corrected chi connectivity index (χ4v) is 3.09. The summed E-state index contributed by atoms with van der Waals surface area (Å²) in [4.78, 5) is 8.03. The predicted octanol–water partition coefficient (Wildman–Crippen LogP) is 7.26. The van der Waals surface area contributed by atoms with E-state index in [1.165, 1.54) is 12.1 Å². The Labute approximate surface area is 213 Å². The van der Waals surface area contributed by atoms with Gasteiger partial charge in [-0.2, -0.15) is 18.2 Å². The Kier molecular flexibility index (Phi) is 9.09. The van der Waals surface area contributed by atoms with Crippen LogP contribution in [0.25, 0.3) is 11.5 Å². The second-order valence-electron chi connectivity index (χ2n) is 6.91. The Hall–Kier alpha value is -2.69. The van der Waals surface area contributed by atoms with Crippen LogP contribution in [0, 0.1) is 0 Å². The van der Waals surface area contributed by atoms with Gasteiger partial charge in [0.2, 0.25) is 12.2 Å². The summed E-state index contributed by atoms with van der Waals surface area (Å²) in [5, 5.41) is 4.03. The number of alkyl halides is 3. The molecule has 0 fully saturated rings. The molecule has 0 saturated carbocycles. The molecule has 0 bridgehead atoms. The lowest BCUT2D eigenvalue weighted by atomic mass is 10.2. The van der Waals surface area contributed by atoms with Crippen molar-refractivity contribution >= 4 is 34.8 Å². The molecule has 1 atom stereocenters. The van der Waals surface area contributed by atoms with Crippen LogP contribution in [0.3, 0.4) is 0 Å². The lowest BCUT2D eigenvalue weighted by Crippen LogP contribution is -2.24. The highest BCUT2D eigenvalue weighted by molar-refractivity contribution is 6.55. The van der Waals surface area contributed by atoms with E-state index in [9.17, 15) is 13.2 Å². The van der Waals surface area contributed by atoms with Crippen LogP contribution in [0.2, 0.25) is 5.02 Å². The molecule has 0 spiro atoms. The van der Waals surface area contributed by atoms with Gasteiger partial charge >= 0.3 is 6.18 Å². The molecule has 13 heteroatoms. The molecule has 2 heterocycles. The van der Waals surface area contributed by atoms with Crippen molar-refractivity contribution in [2.75, 3.05) is 6.61 Å². The minimum Gasteiger partial charge on any atom is -0.489 e. The van der Waals surface area contributed by atoms with Gasteiger partial charge in [-0.3, -0.25) is 0 Å². The van der Waals surface area contributed by atoms with Gasteiger partial charge in [0.15, 0.2) is 11.6 Å². The number of halogens is 6. The van der Waals surface area contributed by atoms with Gasteiger partial charge in [0.1, 0.15) is 16.8 Å². The fraction of sp³-hybridized carbons (Fsp3) is 0.318. The summed E-state index contributed by atoms with van der Waals surface area (Å²) in [7, 11) is 0. The number of pyridine rings is 1. The Morgan fingerprint density at radius 2 is 1.94 bits per heavy atom. The van der Waals surface area contributed by atoms with E-state index in [0.29, 0.717) is 36.2 Å². The van der Waals surface area contributed by atoms with Crippen molar-refractivity contribution in [3.05, 3.63) is 57.4 Å². The summed E-state index contributed by atoms with van der Waals surface area (Å²) >= 11 is 17.7. The Balaban J connectivity index is 1.90. The molecule has 0 saturated heterocycles. The summed E-state index contributed by atoms with van der Waals surface area (Å²) in [6.45, 7) is 3.69. The SMILES string of the molecule is CCc1noc(-c2cc(OCC=C(Cl)Cl)cc(Cl)c2OC(CC)Oc2ccc(C(F)(F)F)cn2)n1. The van der Waals surface area contributed by atoms with Crippen molar-refractivity contribution in [1.29, 1.82) is 0 Å². The van der Waals surface area contributed by atoms with Gasteiger partial charge in [0, 0.05) is 31.2 Å². The highest BCUT2D eigenvalue weighted by atomic mass is 35.5. The molecule has 3 rings (SSSR count). The van der Waals surface area contributed by atoms with Crippen molar-refractivity contribution in [1.82, 2.24) is 15.1 Å². The molecule has 1 aromatic carbocycles. The Morgan fingerprint density at radius 1 is 1.17 bits per heavy atom. The highest BCUT2D eigenvalue weighted by Gasteiger charge is 2.31. The van der Waals surface area contributed by atoms with Crippen LogP contribution < -0.4 is 14.2 Å². The molecule has 0 radical (unpaired) electrons. The van der Waals surface area contributed by atoms with Crippen LogP contribution in [-0.4, -0.2) is 28.0 Å². The monoisotopic (exact) mass is 551 g/mol. The molecule has 2 aromatic heterocycles. The van der Waals surface area contributed by atoms with E-state index >= 15 is 0 Å². The van der Waals surface area contributed by atoms with Gasteiger partial charge in [-0.25, -0.2) is 4.98 Å². The van der Waals surface area contributed by atoms with Crippen LogP contribution in [-0.2, 0) is 12.6 Å². The van der Waals surface area contributed by atoms with Crippen molar-refractivity contribution in [2.24, 2.45) is 0 Å². The summed E-state index contributed by atoms with van der Waals surface area (Å²) in [5.41, 5.74) is -0.573. The Bertz CT molecular complexity index is 1170. The first-order valence-corrected chi connectivity index (χ1v) is 11.4. The van der Waals surface area contributed by atoms with Gasteiger partial charge in [-0.1, -0.05) is 53.8 Å². The zero-order valence-corrected chi connectivity index (χ0v) is 20.7. The minimum absolute atomic E-state index is 0.0422. The van der Waals surface area contributed by atoms with Crippen LogP contribution in [0.4, 0.5) is 13.2 Å². The lowest BCUT2D eigenvalue weighted by molar-refractivity contribution is -0.137. The van der Waals surface area contributed by atoms with E-state index in [1.807, 2.05) is 6.92 Å². The summed E-state index contributed by atoms with van der Waals surface area (Å²) < 4.78 is 61.0. The molecule has 1 unspecified atom stereocenters. The first kappa shape index (κ1) is 26.9. The third kappa shape index (κ3) is 7.39. The molecule has 0 aliphatic carbocycles. The van der Waals surface area contributed by atoms with E-state index in [1.54, 1.807) is 13.0 Å². The third-order valence-corrected chi connectivity index (χ3v) is 5.01. The standard InChI is InChI=1S/C22H19Cl3F3N3O4/c1-3-17-30-21(35-31-17)14-9-13(32-8-7-16(24)25)10-15(23)20(14)34-19(4-2)33-18-6-5-12(11-29-18)22(26,27)28/h5-7,9-11,19H,3-4,8H2,1-2H3. The molecule has 3 aromatic rings. The number of aromatic nitrogens is 3. The zero-order valence-electron chi connectivity index (χ0n) is 18.4. The fourth-order valence-electron chi connectivity index (χ4n) is 2.71. The van der Waals surface area contributed by atoms with Crippen molar-refractivity contribution in [3.63, 3.8) is 0 Å². The number of nitrogens with zero attached hydrogens (tertiary/aromatic N) is 3. The van der Waals surface area contributed by atoms with Crippen LogP contribution >= 0.6 is 34.8 Å². The largest absolute Gasteiger partial charge is 0.489 e. The topological polar surface area (TPSA) is 79.5 Å². The normalized spacial score (nSPS) is 12.2. The van der Waals surface area contributed by atoms with Gasteiger partial charge in [0.05, 0.1) is 16.1 Å². The zero-order chi connectivity index (χ0) is 25.6. The number of ether oxygens (including phenoxy) is 3. The summed E-state index contributed by atoms with van der Waals surface area (Å²) in [6.07, 6.45) is -2.50. The average molecular weight is 553 g/mol. The van der Waals surface area contributed by atoms with Gasteiger partial charge in [-0.05, 0) is 18.2 Å². The lowest BCUT2D eigenvalue weighted by Gasteiger charge is -2.21. The van der Waals surface area contributed by atoms with Crippen molar-refractivity contribution in [2.45, 2.75) is 39.2 Å². The number of hydrogen-bond donors (Lipinski definition) is 0. The van der Waals surface area contributed by atoms with E-state index in [2.05, 4.69) is 15.1 Å². The summed E-state index contributed by atoms with van der Waals surface area (Å²) in [5.74, 6) is 1.02. The third-order valence-electron chi connectivity index (χ3n) is 4.42. The number of benzene rings is 1. The average Bonchev–Trinajstić information content (AvgIpc) is 3.28. The predicted molar refractivity (Wildman–Crippen MR) is 124 cm³/mol. The molecular weight excluding hydrogens is 534 g/mol. The van der Waals surface area contributed by atoms with Crippen molar-refractivity contribution < 1.29 is 31.9 Å². The summed E-state index contributed by atoms with van der Waals surface area (Å²) in [6, 6.07) is 5.05. The first-order valence-electron chi connectivity index (χ1n) is 10.3. The second kappa shape index (κ2) is 11.8. The van der Waals surface area contributed by atoms with Gasteiger partial charge < -0.3 is 18.7 Å². The smallest absolute Gasteiger partial charge is 0.417 e. The number of aryl methyl sites for hydroxylation is 1. The molecule has 7 nitrogen and oxygen atoms in total. The maximum absolute atomic E-state index is 12.8. The molecule has 0 aliphatic rings. The molecule has 35 heavy (non-hydrogen) atoms. The molecule has 0 aliphatic heterocycles. The van der Waals surface area contributed by atoms with Crippen LogP contribution in [0.1, 0.15) is 31.7 Å². The first-order chi connectivity index (χ1) is 16.6. The molecule has 0 amide bonds. The van der Waals surface area contributed by atoms with E-state index < -0.39 is 18.0 Å². The maximum Gasteiger partial charge on any atom is 0.417 e. The Morgan fingerprint density at radius 3 is 2.51 bits per heavy atom. The van der Waals surface area contributed by atoms with Gasteiger partial charge in [0.25, 0.3) is 5.89 Å². The molecular formula is C22H19Cl3F3N3O4. The van der Waals surface area contributed by atoms with E-state index in [0.717, 1.165) is 12.1 Å². The van der Waals surface area contributed by atoms with Crippen LogP contribution in [0.5, 0.6) is 17.4 Å². The molecule has 188 valence electrons. The number of rotatable bonds is 10. The minimum atomic E-state index is -4.51. The number of hydrogen-bond acceptors (Lipinski definition) is 7. The highest BCUT2D eigenvalue weighted by Crippen LogP contribution is 2.40. The quantitative estimate of drug-likeness (QED) is 0.245. The van der Waals surface area contributed by atoms with Crippen molar-refractivity contribution in [3.8, 4) is 28.8 Å². The maximum atomic E-state index is 12.8. The second-order valence-corrected chi connectivity index (χ2v) is 8.33. The van der Waals surface area contributed by atoms with E-state index in [-0.39, 0.29) is 33.6 Å². The molecule has 0 N–H and O–H groups in total.